The first kappa shape index (κ1) is 30.6. The van der Waals surface area contributed by atoms with E-state index in [0.717, 1.165) is 0 Å². The van der Waals surface area contributed by atoms with Gasteiger partial charge >= 0.3 is 17.9 Å². The van der Waals surface area contributed by atoms with Crippen LogP contribution in [0.1, 0.15) is 64.7 Å². The molecule has 4 aliphatic rings. The van der Waals surface area contributed by atoms with Gasteiger partial charge in [-0.05, 0) is 30.2 Å². The Morgan fingerprint density at radius 1 is 0.976 bits per heavy atom. The summed E-state index contributed by atoms with van der Waals surface area (Å²) in [5, 5.41) is 48.0. The summed E-state index contributed by atoms with van der Waals surface area (Å²) in [4.78, 5) is 38.7. The molecule has 42 heavy (non-hydrogen) atoms. The van der Waals surface area contributed by atoms with E-state index in [9.17, 15) is 34.8 Å². The molecular formula is C31H40O11. The van der Waals surface area contributed by atoms with Crippen molar-refractivity contribution in [2.75, 3.05) is 6.61 Å². The summed E-state index contributed by atoms with van der Waals surface area (Å²) < 4.78 is 23.8. The quantitative estimate of drug-likeness (QED) is 0.228. The molecule has 0 aromatic heterocycles. The zero-order chi connectivity index (χ0) is 31.0. The van der Waals surface area contributed by atoms with Crippen molar-refractivity contribution in [3.05, 3.63) is 47.0 Å². The number of rotatable bonds is 4. The second kappa shape index (κ2) is 10.1. The Kier molecular flexibility index (Phi) is 7.38. The van der Waals surface area contributed by atoms with Crippen molar-refractivity contribution in [1.29, 1.82) is 0 Å². The lowest BCUT2D eigenvalue weighted by Gasteiger charge is -2.69. The van der Waals surface area contributed by atoms with Gasteiger partial charge in [-0.3, -0.25) is 9.59 Å². The second-order valence-electron chi connectivity index (χ2n) is 13.0. The number of benzene rings is 1. The van der Waals surface area contributed by atoms with Gasteiger partial charge in [-0.2, -0.15) is 0 Å². The molecule has 0 radical (unpaired) electrons. The van der Waals surface area contributed by atoms with Crippen molar-refractivity contribution in [3.8, 4) is 0 Å². The van der Waals surface area contributed by atoms with Gasteiger partial charge in [0.05, 0.1) is 30.3 Å². The number of esters is 3. The molecule has 11 nitrogen and oxygen atoms in total. The molecule has 2 saturated carbocycles. The molecule has 230 valence electrons. The number of hydrogen-bond acceptors (Lipinski definition) is 11. The molecular weight excluding hydrogens is 548 g/mol. The Hall–Kier alpha value is -2.83. The van der Waals surface area contributed by atoms with Gasteiger partial charge < -0.3 is 39.4 Å². The van der Waals surface area contributed by atoms with E-state index >= 15 is 0 Å². The fourth-order valence-corrected chi connectivity index (χ4v) is 8.24. The van der Waals surface area contributed by atoms with Gasteiger partial charge in [-0.25, -0.2) is 4.79 Å². The third-order valence-corrected chi connectivity index (χ3v) is 10.4. The number of hydrogen-bond donors (Lipinski definition) is 4. The molecule has 3 fully saturated rings. The number of carbonyl (C=O) groups excluding carboxylic acids is 3. The minimum absolute atomic E-state index is 0.00542. The third-order valence-electron chi connectivity index (χ3n) is 10.4. The molecule has 10 atom stereocenters. The molecule has 3 aliphatic carbocycles. The van der Waals surface area contributed by atoms with Crippen LogP contribution in [0.3, 0.4) is 0 Å². The molecule has 1 aliphatic heterocycles. The lowest BCUT2D eigenvalue weighted by molar-refractivity contribution is -0.365. The Morgan fingerprint density at radius 2 is 1.62 bits per heavy atom. The van der Waals surface area contributed by atoms with Crippen molar-refractivity contribution < 1.29 is 53.8 Å². The van der Waals surface area contributed by atoms with Crippen LogP contribution in [0.5, 0.6) is 0 Å². The Morgan fingerprint density at radius 3 is 2.17 bits per heavy atom. The average molecular weight is 589 g/mol. The Bertz CT molecular complexity index is 1310. The van der Waals surface area contributed by atoms with Crippen LogP contribution in [0.2, 0.25) is 0 Å². The number of aliphatic hydroxyl groups excluding tert-OH is 3. The number of carbonyl (C=O) groups is 3. The minimum Gasteiger partial charge on any atom is -0.462 e. The van der Waals surface area contributed by atoms with Gasteiger partial charge in [0.1, 0.15) is 30.0 Å². The van der Waals surface area contributed by atoms with Crippen LogP contribution >= 0.6 is 0 Å². The summed E-state index contributed by atoms with van der Waals surface area (Å²) in [6.45, 7) is 8.76. The summed E-state index contributed by atoms with van der Waals surface area (Å²) in [6.07, 6.45) is -8.36. The van der Waals surface area contributed by atoms with Crippen LogP contribution in [0.25, 0.3) is 0 Å². The van der Waals surface area contributed by atoms with Crippen molar-refractivity contribution in [1.82, 2.24) is 0 Å². The topological polar surface area (TPSA) is 169 Å². The first-order valence-electron chi connectivity index (χ1n) is 14.2. The van der Waals surface area contributed by atoms with E-state index < -0.39 is 82.5 Å². The predicted octanol–water partition coefficient (Wildman–Crippen LogP) is 1.44. The number of aliphatic hydroxyl groups is 4. The Balaban J connectivity index is 1.83. The first-order valence-corrected chi connectivity index (χ1v) is 14.2. The van der Waals surface area contributed by atoms with Crippen LogP contribution in [0.15, 0.2) is 41.5 Å². The van der Waals surface area contributed by atoms with E-state index in [1.54, 1.807) is 58.0 Å². The summed E-state index contributed by atoms with van der Waals surface area (Å²) >= 11 is 0. The van der Waals surface area contributed by atoms with Crippen LogP contribution < -0.4 is 0 Å². The zero-order valence-corrected chi connectivity index (χ0v) is 24.7. The molecule has 5 rings (SSSR count). The second-order valence-corrected chi connectivity index (χ2v) is 13.0. The minimum atomic E-state index is -2.07. The summed E-state index contributed by atoms with van der Waals surface area (Å²) in [6, 6.07) is 8.12. The lowest BCUT2D eigenvalue weighted by Crippen LogP contribution is -2.82. The maximum atomic E-state index is 13.7. The van der Waals surface area contributed by atoms with E-state index in [0.29, 0.717) is 5.57 Å². The van der Waals surface area contributed by atoms with Crippen LogP contribution in [0.4, 0.5) is 0 Å². The highest BCUT2D eigenvalue weighted by Crippen LogP contribution is 2.65. The summed E-state index contributed by atoms with van der Waals surface area (Å²) in [5.74, 6) is -3.40. The third kappa shape index (κ3) is 4.16. The number of ether oxygens (including phenoxy) is 4. The van der Waals surface area contributed by atoms with Gasteiger partial charge in [-0.1, -0.05) is 39.0 Å². The van der Waals surface area contributed by atoms with Gasteiger partial charge in [0.15, 0.2) is 5.60 Å². The molecule has 1 saturated heterocycles. The average Bonchev–Trinajstić information content (AvgIpc) is 2.90. The zero-order valence-electron chi connectivity index (χ0n) is 24.7. The van der Waals surface area contributed by atoms with Crippen molar-refractivity contribution in [3.63, 3.8) is 0 Å². The van der Waals surface area contributed by atoms with Crippen molar-refractivity contribution >= 4 is 17.9 Å². The number of fused-ring (bicyclic) bond motifs is 5. The van der Waals surface area contributed by atoms with Crippen molar-refractivity contribution in [2.45, 2.75) is 102 Å². The van der Waals surface area contributed by atoms with Gasteiger partial charge in [0.25, 0.3) is 0 Å². The molecule has 0 unspecified atom stereocenters. The first-order chi connectivity index (χ1) is 19.5. The van der Waals surface area contributed by atoms with E-state index in [1.165, 1.54) is 13.8 Å². The van der Waals surface area contributed by atoms with E-state index in [-0.39, 0.29) is 30.6 Å². The maximum Gasteiger partial charge on any atom is 0.338 e. The molecule has 1 aromatic rings. The smallest absolute Gasteiger partial charge is 0.338 e. The fourth-order valence-electron chi connectivity index (χ4n) is 8.24. The Labute approximate surface area is 244 Å². The molecule has 2 bridgehead atoms. The largest absolute Gasteiger partial charge is 0.462 e. The molecule has 0 spiro atoms. The molecule has 1 aromatic carbocycles. The lowest BCUT2D eigenvalue weighted by atomic mass is 9.44. The highest BCUT2D eigenvalue weighted by molar-refractivity contribution is 5.89. The SMILES string of the molecule is CC(=O)O[C@H]1C[C@H]2OC[C@@]2(OC(C)=O)[C@@H]2[C@@H](OC(=O)c3ccccc3)[C@]3(O)C[C@H](O)C(C)=C([C@@H](O)[C@H](O)[C@]12C)C3(C)C. The molecule has 4 N–H and O–H groups in total. The van der Waals surface area contributed by atoms with E-state index in [4.69, 9.17) is 18.9 Å². The van der Waals surface area contributed by atoms with Crippen LogP contribution in [-0.4, -0.2) is 92.8 Å². The van der Waals surface area contributed by atoms with E-state index in [1.807, 2.05) is 0 Å². The van der Waals surface area contributed by atoms with Crippen LogP contribution in [-0.2, 0) is 28.5 Å². The van der Waals surface area contributed by atoms with Gasteiger partial charge in [-0.15, -0.1) is 0 Å². The van der Waals surface area contributed by atoms with Gasteiger partial charge in [0, 0.05) is 37.5 Å². The summed E-state index contributed by atoms with van der Waals surface area (Å²) in [5.41, 5.74) is -5.89. The fraction of sp³-hybridized carbons (Fsp3) is 0.645. The highest BCUT2D eigenvalue weighted by atomic mass is 16.6. The highest BCUT2D eigenvalue weighted by Gasteiger charge is 2.78. The predicted molar refractivity (Wildman–Crippen MR) is 146 cm³/mol. The monoisotopic (exact) mass is 588 g/mol. The molecule has 0 amide bonds. The molecule has 1 heterocycles. The van der Waals surface area contributed by atoms with Gasteiger partial charge in [0.2, 0.25) is 0 Å². The summed E-state index contributed by atoms with van der Waals surface area (Å²) in [7, 11) is 0. The maximum absolute atomic E-state index is 13.7. The van der Waals surface area contributed by atoms with E-state index in [2.05, 4.69) is 0 Å². The normalized spacial score (nSPS) is 42.1. The van der Waals surface area contributed by atoms with Crippen molar-refractivity contribution in [2.24, 2.45) is 16.7 Å². The standard InChI is InChI=1S/C31H40O11/c1-15-19(34)13-31(38)26(41-27(37)18-10-8-7-9-11-18)24-29(6,25(36)23(35)22(15)28(31,4)5)20(40-16(2)32)12-21-30(24,14-39-21)42-17(3)33/h7-11,19-21,23-26,34-36,38H,12-14H2,1-6H3/t19-,20-,21+,23+,24+,25-,26+,29+,30-,31+/m0/s1. The van der Waals surface area contributed by atoms with Crippen LogP contribution in [0, 0.1) is 16.7 Å². The molecule has 11 heteroatoms.